The highest BCUT2D eigenvalue weighted by Crippen LogP contribution is 2.20. The van der Waals surface area contributed by atoms with Crippen LogP contribution in [0.5, 0.6) is 0 Å². The molecule has 1 aromatic carbocycles. The predicted octanol–water partition coefficient (Wildman–Crippen LogP) is 2.19. The van der Waals surface area contributed by atoms with Crippen LogP contribution in [-0.2, 0) is 16.0 Å². The lowest BCUT2D eigenvalue weighted by molar-refractivity contribution is -0.134. The molecule has 2 N–H and O–H groups in total. The fourth-order valence-corrected chi connectivity index (χ4v) is 2.12. The van der Waals surface area contributed by atoms with E-state index in [4.69, 9.17) is 0 Å². The van der Waals surface area contributed by atoms with Gasteiger partial charge in [0.25, 0.3) is 5.91 Å². The maximum atomic E-state index is 12.0. The van der Waals surface area contributed by atoms with E-state index in [1.54, 1.807) is 6.08 Å². The average Bonchev–Trinajstić information content (AvgIpc) is 2.95. The Hall–Kier alpha value is -2.56. The summed E-state index contributed by atoms with van der Waals surface area (Å²) in [6.07, 6.45) is 3.74. The Bertz CT molecular complexity index is 686. The Labute approximate surface area is 123 Å². The van der Waals surface area contributed by atoms with Crippen molar-refractivity contribution in [1.82, 2.24) is 10.3 Å². The minimum Gasteiger partial charge on any atom is -0.466 e. The maximum Gasteiger partial charge on any atom is 0.330 e. The van der Waals surface area contributed by atoms with Gasteiger partial charge in [-0.3, -0.25) is 4.79 Å². The third-order valence-corrected chi connectivity index (χ3v) is 3.22. The molecule has 5 heteroatoms. The molecule has 110 valence electrons. The average molecular weight is 286 g/mol. The van der Waals surface area contributed by atoms with E-state index in [9.17, 15) is 9.59 Å². The van der Waals surface area contributed by atoms with E-state index in [2.05, 4.69) is 28.0 Å². The lowest BCUT2D eigenvalue weighted by Crippen LogP contribution is -2.23. The number of hydrogen-bond donors (Lipinski definition) is 2. The van der Waals surface area contributed by atoms with Crippen LogP contribution in [0.25, 0.3) is 10.9 Å². The highest BCUT2D eigenvalue weighted by molar-refractivity contribution is 5.99. The number of methoxy groups -OCH3 is 1. The maximum absolute atomic E-state index is 12.0. The first-order valence-corrected chi connectivity index (χ1v) is 6.79. The number of esters is 1. The summed E-state index contributed by atoms with van der Waals surface area (Å²) in [7, 11) is 1.31. The van der Waals surface area contributed by atoms with Gasteiger partial charge in [-0.1, -0.05) is 25.1 Å². The predicted molar refractivity (Wildman–Crippen MR) is 81.2 cm³/mol. The number of hydrogen-bond acceptors (Lipinski definition) is 3. The van der Waals surface area contributed by atoms with Crippen molar-refractivity contribution in [3.8, 4) is 0 Å². The van der Waals surface area contributed by atoms with Crippen LogP contribution < -0.4 is 5.32 Å². The highest BCUT2D eigenvalue weighted by Gasteiger charge is 2.10. The number of fused-ring (bicyclic) bond motifs is 1. The molecular weight excluding hydrogens is 268 g/mol. The summed E-state index contributed by atoms with van der Waals surface area (Å²) in [4.78, 5) is 26.0. The molecule has 0 saturated heterocycles. The molecule has 21 heavy (non-hydrogen) atoms. The number of nitrogens with one attached hydrogen (secondary N) is 2. The number of benzene rings is 1. The first kappa shape index (κ1) is 14.8. The van der Waals surface area contributed by atoms with Crippen LogP contribution in [0.2, 0.25) is 0 Å². The molecule has 2 aromatic rings. The second-order valence-electron chi connectivity index (χ2n) is 4.55. The van der Waals surface area contributed by atoms with Crippen molar-refractivity contribution >= 4 is 22.8 Å². The minimum atomic E-state index is -0.442. The van der Waals surface area contributed by atoms with E-state index < -0.39 is 5.97 Å². The number of carbonyl (C=O) groups is 2. The van der Waals surface area contributed by atoms with Crippen molar-refractivity contribution in [1.29, 1.82) is 0 Å². The molecule has 2 rings (SSSR count). The van der Waals surface area contributed by atoms with E-state index in [1.807, 2.05) is 18.2 Å². The van der Waals surface area contributed by atoms with Gasteiger partial charge in [0, 0.05) is 23.5 Å². The van der Waals surface area contributed by atoms with Crippen LogP contribution in [-0.4, -0.2) is 30.5 Å². The Morgan fingerprint density at radius 1 is 1.38 bits per heavy atom. The van der Waals surface area contributed by atoms with E-state index in [1.165, 1.54) is 18.7 Å². The summed E-state index contributed by atoms with van der Waals surface area (Å²) in [6.45, 7) is 2.35. The van der Waals surface area contributed by atoms with E-state index in [-0.39, 0.29) is 12.5 Å². The van der Waals surface area contributed by atoms with E-state index in [0.717, 1.165) is 17.3 Å². The first-order chi connectivity index (χ1) is 10.2. The number of ether oxygens (including phenoxy) is 1. The van der Waals surface area contributed by atoms with Gasteiger partial charge in [-0.15, -0.1) is 0 Å². The number of aryl methyl sites for hydroxylation is 1. The summed E-state index contributed by atoms with van der Waals surface area (Å²) in [5.74, 6) is -0.648. The zero-order valence-corrected chi connectivity index (χ0v) is 12.1. The normalized spacial score (nSPS) is 11.0. The van der Waals surface area contributed by atoms with Gasteiger partial charge in [-0.2, -0.15) is 0 Å². The quantitative estimate of drug-likeness (QED) is 0.654. The van der Waals surface area contributed by atoms with Crippen molar-refractivity contribution in [2.24, 2.45) is 0 Å². The van der Waals surface area contributed by atoms with Crippen LogP contribution >= 0.6 is 0 Å². The van der Waals surface area contributed by atoms with Crippen LogP contribution in [0.1, 0.15) is 23.0 Å². The molecule has 0 saturated carbocycles. The van der Waals surface area contributed by atoms with E-state index in [0.29, 0.717) is 5.69 Å². The second-order valence-corrected chi connectivity index (χ2v) is 4.55. The molecule has 0 radical (unpaired) electrons. The monoisotopic (exact) mass is 286 g/mol. The third kappa shape index (κ3) is 3.51. The number of carbonyl (C=O) groups excluding carboxylic acids is 2. The number of aromatic nitrogens is 1. The summed E-state index contributed by atoms with van der Waals surface area (Å²) < 4.78 is 4.46. The fraction of sp³-hybridized carbons (Fsp3) is 0.250. The van der Waals surface area contributed by atoms with Gasteiger partial charge in [0.05, 0.1) is 7.11 Å². The van der Waals surface area contributed by atoms with Crippen molar-refractivity contribution < 1.29 is 14.3 Å². The SMILES string of the molecule is CCc1cccc2[nH]c(C(=O)NC/C=C/C(=O)OC)cc12. The molecule has 0 aliphatic heterocycles. The van der Waals surface area contributed by atoms with Crippen molar-refractivity contribution in [3.05, 3.63) is 47.7 Å². The van der Waals surface area contributed by atoms with Crippen molar-refractivity contribution in [2.45, 2.75) is 13.3 Å². The molecule has 0 aliphatic rings. The number of rotatable bonds is 5. The summed E-state index contributed by atoms with van der Waals surface area (Å²) in [6, 6.07) is 7.82. The van der Waals surface area contributed by atoms with Crippen LogP contribution in [0.3, 0.4) is 0 Å². The van der Waals surface area contributed by atoms with Gasteiger partial charge < -0.3 is 15.0 Å². The van der Waals surface area contributed by atoms with Crippen LogP contribution in [0.4, 0.5) is 0 Å². The molecular formula is C16H18N2O3. The number of amides is 1. The van der Waals surface area contributed by atoms with Gasteiger partial charge in [-0.25, -0.2) is 4.79 Å². The Kier molecular flexibility index (Phi) is 4.77. The largest absolute Gasteiger partial charge is 0.466 e. The van der Waals surface area contributed by atoms with Crippen LogP contribution in [0.15, 0.2) is 36.4 Å². The van der Waals surface area contributed by atoms with E-state index >= 15 is 0 Å². The molecule has 1 aromatic heterocycles. The van der Waals surface area contributed by atoms with Gasteiger partial charge >= 0.3 is 5.97 Å². The molecule has 5 nitrogen and oxygen atoms in total. The van der Waals surface area contributed by atoms with Crippen molar-refractivity contribution in [3.63, 3.8) is 0 Å². The number of H-pyrrole nitrogens is 1. The van der Waals surface area contributed by atoms with Gasteiger partial charge in [0.15, 0.2) is 0 Å². The first-order valence-electron chi connectivity index (χ1n) is 6.79. The zero-order valence-electron chi connectivity index (χ0n) is 12.1. The highest BCUT2D eigenvalue weighted by atomic mass is 16.5. The Balaban J connectivity index is 2.06. The second kappa shape index (κ2) is 6.74. The smallest absolute Gasteiger partial charge is 0.330 e. The Morgan fingerprint density at radius 3 is 2.90 bits per heavy atom. The number of aromatic amines is 1. The molecule has 0 unspecified atom stereocenters. The lowest BCUT2D eigenvalue weighted by atomic mass is 10.1. The molecule has 0 bridgehead atoms. The van der Waals surface area contributed by atoms with Gasteiger partial charge in [0.1, 0.15) is 5.69 Å². The summed E-state index contributed by atoms with van der Waals surface area (Å²) >= 11 is 0. The zero-order chi connectivity index (χ0) is 15.2. The third-order valence-electron chi connectivity index (χ3n) is 3.22. The van der Waals surface area contributed by atoms with Crippen molar-refractivity contribution in [2.75, 3.05) is 13.7 Å². The summed E-state index contributed by atoms with van der Waals surface area (Å²) in [5, 5.41) is 3.78. The molecule has 0 fully saturated rings. The Morgan fingerprint density at radius 2 is 2.19 bits per heavy atom. The summed E-state index contributed by atoms with van der Waals surface area (Å²) in [5.41, 5.74) is 2.66. The topological polar surface area (TPSA) is 71.2 Å². The molecule has 0 aliphatic carbocycles. The molecule has 0 spiro atoms. The standard InChI is InChI=1S/C16H18N2O3/c1-3-11-6-4-7-13-12(11)10-14(18-13)16(20)17-9-5-8-15(19)21-2/h4-8,10,18H,3,9H2,1-2H3,(H,17,20)/b8-5+. The molecule has 0 atom stereocenters. The van der Waals surface area contributed by atoms with Crippen LogP contribution in [0, 0.1) is 0 Å². The lowest BCUT2D eigenvalue weighted by Gasteiger charge is -1.98. The molecule has 1 amide bonds. The van der Waals surface area contributed by atoms with Gasteiger partial charge in [-0.05, 0) is 24.1 Å². The molecule has 1 heterocycles. The minimum absolute atomic E-state index is 0.206. The fourth-order valence-electron chi connectivity index (χ4n) is 2.12. The van der Waals surface area contributed by atoms with Gasteiger partial charge in [0.2, 0.25) is 0 Å².